The van der Waals surface area contributed by atoms with E-state index in [-0.39, 0.29) is 17.2 Å². The minimum absolute atomic E-state index is 0.0155. The summed E-state index contributed by atoms with van der Waals surface area (Å²) in [5.41, 5.74) is 0.916. The first kappa shape index (κ1) is 15.0. The number of halogens is 1. The monoisotopic (exact) mass is 314 g/mol. The fourth-order valence-electron chi connectivity index (χ4n) is 2.60. The number of carbonyl (C=O) groups excluding carboxylic acids is 2. The number of fused-ring (bicyclic) bond motifs is 1. The molecule has 5 nitrogen and oxygen atoms in total. The van der Waals surface area contributed by atoms with Gasteiger partial charge in [0.2, 0.25) is 5.91 Å². The summed E-state index contributed by atoms with van der Waals surface area (Å²) in [6.07, 6.45) is 0. The highest BCUT2D eigenvalue weighted by Gasteiger charge is 2.35. The molecule has 0 spiro atoms. The lowest BCUT2D eigenvalue weighted by Gasteiger charge is -2.34. The maximum absolute atomic E-state index is 14.4. The number of benzene rings is 2. The Balaban J connectivity index is 2.10. The first-order chi connectivity index (χ1) is 11.0. The third-order valence-electron chi connectivity index (χ3n) is 3.82. The lowest BCUT2D eigenvalue weighted by atomic mass is 10.1. The van der Waals surface area contributed by atoms with Crippen molar-refractivity contribution in [1.82, 2.24) is 0 Å². The number of hydrogen-bond donors (Lipinski definition) is 1. The summed E-state index contributed by atoms with van der Waals surface area (Å²) >= 11 is 0. The first-order valence-electron chi connectivity index (χ1n) is 7.10. The van der Waals surface area contributed by atoms with Gasteiger partial charge >= 0.3 is 0 Å². The lowest BCUT2D eigenvalue weighted by molar-refractivity contribution is -0.117. The summed E-state index contributed by atoms with van der Waals surface area (Å²) in [7, 11) is 1.33. The van der Waals surface area contributed by atoms with Gasteiger partial charge in [0.1, 0.15) is 6.04 Å². The van der Waals surface area contributed by atoms with Crippen LogP contribution in [0, 0.1) is 5.82 Å². The van der Waals surface area contributed by atoms with Crippen molar-refractivity contribution in [2.75, 3.05) is 17.3 Å². The van der Waals surface area contributed by atoms with Gasteiger partial charge in [0, 0.05) is 0 Å². The zero-order valence-electron chi connectivity index (χ0n) is 12.7. The third kappa shape index (κ3) is 2.42. The molecule has 1 unspecified atom stereocenters. The second-order valence-corrected chi connectivity index (χ2v) is 5.18. The predicted octanol–water partition coefficient (Wildman–Crippen LogP) is 2.82. The Labute approximate surface area is 132 Å². The van der Waals surface area contributed by atoms with Gasteiger partial charge < -0.3 is 10.1 Å². The fourth-order valence-corrected chi connectivity index (χ4v) is 2.60. The Hall–Kier alpha value is -2.89. The molecular weight excluding hydrogens is 299 g/mol. The smallest absolute Gasteiger partial charge is 0.262 e. The summed E-state index contributed by atoms with van der Waals surface area (Å²) < 4.78 is 19.3. The normalized spacial score (nSPS) is 16.6. The van der Waals surface area contributed by atoms with Crippen molar-refractivity contribution in [2.45, 2.75) is 13.0 Å². The zero-order chi connectivity index (χ0) is 16.6. The minimum Gasteiger partial charge on any atom is -0.494 e. The summed E-state index contributed by atoms with van der Waals surface area (Å²) in [6, 6.07) is 10.5. The van der Waals surface area contributed by atoms with Crippen molar-refractivity contribution in [3.8, 4) is 5.75 Å². The van der Waals surface area contributed by atoms with Crippen LogP contribution in [0.1, 0.15) is 17.3 Å². The van der Waals surface area contributed by atoms with Gasteiger partial charge in [-0.1, -0.05) is 18.2 Å². The van der Waals surface area contributed by atoms with Crippen LogP contribution >= 0.6 is 0 Å². The molecule has 0 aliphatic carbocycles. The average Bonchev–Trinajstić information content (AvgIpc) is 2.56. The van der Waals surface area contributed by atoms with E-state index in [1.165, 1.54) is 30.2 Å². The largest absolute Gasteiger partial charge is 0.494 e. The highest BCUT2D eigenvalue weighted by molar-refractivity contribution is 6.16. The molecule has 0 fully saturated rings. The Bertz CT molecular complexity index is 791. The van der Waals surface area contributed by atoms with E-state index >= 15 is 0 Å². The van der Waals surface area contributed by atoms with Gasteiger partial charge in [-0.3, -0.25) is 14.5 Å². The van der Waals surface area contributed by atoms with Crippen molar-refractivity contribution in [2.24, 2.45) is 0 Å². The number of ether oxygens (including phenoxy) is 1. The second kappa shape index (κ2) is 5.72. The van der Waals surface area contributed by atoms with Crippen LogP contribution in [-0.2, 0) is 4.79 Å². The standard InChI is InChI=1S/C17H15FN2O3/c1-10-16(21)19-12-7-3-4-8-13(12)20(10)17(22)11-6-5-9-14(23-2)15(11)18/h3-10H,1-2H3,(H,19,21). The molecule has 0 radical (unpaired) electrons. The van der Waals surface area contributed by atoms with Crippen LogP contribution in [0.4, 0.5) is 15.8 Å². The summed E-state index contributed by atoms with van der Waals surface area (Å²) in [6.45, 7) is 1.60. The molecule has 0 bridgehead atoms. The number of nitrogens with one attached hydrogen (secondary N) is 1. The van der Waals surface area contributed by atoms with Gasteiger partial charge in [-0.2, -0.15) is 0 Å². The Morgan fingerprint density at radius 1 is 1.22 bits per heavy atom. The molecule has 3 rings (SSSR count). The van der Waals surface area contributed by atoms with Crippen LogP contribution in [0.15, 0.2) is 42.5 Å². The molecule has 118 valence electrons. The van der Waals surface area contributed by atoms with E-state index in [1.54, 1.807) is 31.2 Å². The number of amides is 2. The van der Waals surface area contributed by atoms with Crippen molar-refractivity contribution < 1.29 is 18.7 Å². The van der Waals surface area contributed by atoms with Gasteiger partial charge in [0.25, 0.3) is 5.91 Å². The molecule has 1 atom stereocenters. The molecule has 6 heteroatoms. The van der Waals surface area contributed by atoms with Crippen molar-refractivity contribution in [1.29, 1.82) is 0 Å². The molecule has 0 aromatic heterocycles. The molecule has 2 amide bonds. The summed E-state index contributed by atoms with van der Waals surface area (Å²) in [4.78, 5) is 26.2. The van der Waals surface area contributed by atoms with Gasteiger partial charge in [0.15, 0.2) is 11.6 Å². The topological polar surface area (TPSA) is 58.6 Å². The highest BCUT2D eigenvalue weighted by Crippen LogP contribution is 2.33. The molecule has 2 aromatic rings. The van der Waals surface area contributed by atoms with Crippen LogP contribution < -0.4 is 15.0 Å². The van der Waals surface area contributed by atoms with E-state index in [1.807, 2.05) is 0 Å². The minimum atomic E-state index is -0.747. The molecule has 1 N–H and O–H groups in total. The van der Waals surface area contributed by atoms with Crippen molar-refractivity contribution in [3.63, 3.8) is 0 Å². The van der Waals surface area contributed by atoms with Gasteiger partial charge in [0.05, 0.1) is 24.0 Å². The third-order valence-corrected chi connectivity index (χ3v) is 3.82. The number of hydrogen-bond acceptors (Lipinski definition) is 3. The van der Waals surface area contributed by atoms with E-state index in [4.69, 9.17) is 4.74 Å². The molecule has 1 aliphatic rings. The zero-order valence-corrected chi connectivity index (χ0v) is 12.7. The van der Waals surface area contributed by atoms with Crippen molar-refractivity contribution >= 4 is 23.2 Å². The van der Waals surface area contributed by atoms with Crippen LogP contribution in [0.2, 0.25) is 0 Å². The Morgan fingerprint density at radius 2 is 1.96 bits per heavy atom. The van der Waals surface area contributed by atoms with Crippen molar-refractivity contribution in [3.05, 3.63) is 53.8 Å². The van der Waals surface area contributed by atoms with E-state index < -0.39 is 17.8 Å². The second-order valence-electron chi connectivity index (χ2n) is 5.18. The number of anilines is 2. The molecule has 0 saturated heterocycles. The molecule has 2 aromatic carbocycles. The van der Waals surface area contributed by atoms with Crippen LogP contribution in [-0.4, -0.2) is 25.0 Å². The number of carbonyl (C=O) groups is 2. The van der Waals surface area contributed by atoms with Gasteiger partial charge in [-0.15, -0.1) is 0 Å². The maximum atomic E-state index is 14.4. The van der Waals surface area contributed by atoms with E-state index in [0.717, 1.165) is 0 Å². The van der Waals surface area contributed by atoms with E-state index in [0.29, 0.717) is 11.4 Å². The van der Waals surface area contributed by atoms with Crippen LogP contribution in [0.5, 0.6) is 5.75 Å². The molecule has 1 heterocycles. The predicted molar refractivity (Wildman–Crippen MR) is 84.3 cm³/mol. The van der Waals surface area contributed by atoms with Crippen LogP contribution in [0.25, 0.3) is 0 Å². The SMILES string of the molecule is COc1cccc(C(=O)N2c3ccccc3NC(=O)C2C)c1F. The summed E-state index contributed by atoms with van der Waals surface area (Å²) in [5, 5.41) is 2.73. The van der Waals surface area contributed by atoms with Gasteiger partial charge in [-0.05, 0) is 31.2 Å². The maximum Gasteiger partial charge on any atom is 0.262 e. The average molecular weight is 314 g/mol. The quantitative estimate of drug-likeness (QED) is 0.927. The fraction of sp³-hybridized carbons (Fsp3) is 0.176. The Kier molecular flexibility index (Phi) is 3.73. The molecule has 23 heavy (non-hydrogen) atoms. The molecule has 1 aliphatic heterocycles. The Morgan fingerprint density at radius 3 is 2.70 bits per heavy atom. The summed E-state index contributed by atoms with van der Waals surface area (Å²) in [5.74, 6) is -1.66. The van der Waals surface area contributed by atoms with E-state index in [2.05, 4.69) is 5.32 Å². The number of nitrogens with zero attached hydrogens (tertiary/aromatic N) is 1. The number of para-hydroxylation sites is 2. The highest BCUT2D eigenvalue weighted by atomic mass is 19.1. The molecular formula is C17H15FN2O3. The molecule has 0 saturated carbocycles. The van der Waals surface area contributed by atoms with Gasteiger partial charge in [-0.25, -0.2) is 4.39 Å². The lowest BCUT2D eigenvalue weighted by Crippen LogP contribution is -2.49. The number of methoxy groups -OCH3 is 1. The first-order valence-corrected chi connectivity index (χ1v) is 7.10. The number of rotatable bonds is 2. The van der Waals surface area contributed by atoms with Crippen LogP contribution in [0.3, 0.4) is 0 Å². The van der Waals surface area contributed by atoms with E-state index in [9.17, 15) is 14.0 Å².